The zero-order valence-electron chi connectivity index (χ0n) is 22.0. The number of nitrogens with two attached hydrogens (primary N) is 2. The SMILES string of the molecule is Nc1nc2c(ncn2[C@@H]2O[C@@H]3CO[PH](=O)O[C@H]4[C@H](F)[C@H](n5ccc6c(N)ncnc65)O[C@@H]4COP(=O)(S)O[C@@H]2[C@H]3F)c(=O)[nH]1. The summed E-state index contributed by atoms with van der Waals surface area (Å²) in [5, 5.41) is 0.437. The maximum atomic E-state index is 15.9. The summed E-state index contributed by atoms with van der Waals surface area (Å²) >= 11 is 4.00. The van der Waals surface area contributed by atoms with Gasteiger partial charge in [0.05, 0.1) is 24.9 Å². The van der Waals surface area contributed by atoms with E-state index in [0.717, 1.165) is 10.9 Å². The van der Waals surface area contributed by atoms with Crippen molar-refractivity contribution in [3.8, 4) is 0 Å². The van der Waals surface area contributed by atoms with Crippen LogP contribution in [0.25, 0.3) is 22.2 Å². The average molecular weight is 677 g/mol. The maximum Gasteiger partial charge on any atom is 0.386 e. The monoisotopic (exact) mass is 677 g/mol. The standard InChI is InChI=1S/C21H23F2N9O9P2S/c22-10-8-3-36-42(34)40-13-9(39-19(11(13)23)31-2-1-7-15(24)26-5-27-16(7)31)4-37-43(35,44)41-14(10)20(38-8)32-6-28-12-17(32)29-21(25)30-18(12)33/h1-2,5-6,8-11,13-14,19-20,42H,3-4H2,(H,35,44)(H2,24,26,27)(H3,25,29,30,33)/t8-,9-,10+,11+,13-,14-,19-,20-,43?/m1/s1. The lowest BCUT2D eigenvalue weighted by atomic mass is 10.1. The van der Waals surface area contributed by atoms with Crippen LogP contribution in [0.15, 0.2) is 29.7 Å². The molecular formula is C21H23F2N9O9P2S. The highest BCUT2D eigenvalue weighted by Crippen LogP contribution is 2.58. The Balaban J connectivity index is 1.18. The van der Waals surface area contributed by atoms with Gasteiger partial charge >= 0.3 is 15.1 Å². The van der Waals surface area contributed by atoms with E-state index in [2.05, 4.69) is 37.2 Å². The fourth-order valence-corrected chi connectivity index (χ4v) is 7.65. The Morgan fingerprint density at radius 1 is 1.05 bits per heavy atom. The molecule has 0 saturated carbocycles. The molecule has 10 atom stereocenters. The largest absolute Gasteiger partial charge is 0.386 e. The maximum absolute atomic E-state index is 15.9. The minimum absolute atomic E-state index is 0.0849. The van der Waals surface area contributed by atoms with Gasteiger partial charge in [-0.2, -0.15) is 4.98 Å². The first-order valence-electron chi connectivity index (χ1n) is 12.9. The van der Waals surface area contributed by atoms with Crippen molar-refractivity contribution in [1.82, 2.24) is 34.1 Å². The van der Waals surface area contributed by atoms with E-state index in [0.29, 0.717) is 5.39 Å². The number of aromatic amines is 1. The molecule has 18 nitrogen and oxygen atoms in total. The zero-order valence-corrected chi connectivity index (χ0v) is 24.8. The third-order valence-electron chi connectivity index (χ3n) is 7.32. The van der Waals surface area contributed by atoms with Crippen molar-refractivity contribution < 1.29 is 45.5 Å². The van der Waals surface area contributed by atoms with E-state index < -0.39 is 83.0 Å². The van der Waals surface area contributed by atoms with Gasteiger partial charge in [-0.05, 0) is 6.07 Å². The van der Waals surface area contributed by atoms with Gasteiger partial charge in [-0.25, -0.2) is 28.3 Å². The van der Waals surface area contributed by atoms with E-state index >= 15 is 8.78 Å². The zero-order chi connectivity index (χ0) is 30.9. The fourth-order valence-electron chi connectivity index (χ4n) is 5.33. The van der Waals surface area contributed by atoms with Crippen LogP contribution in [-0.4, -0.2) is 84.0 Å². The van der Waals surface area contributed by atoms with Gasteiger partial charge in [-0.15, -0.1) is 0 Å². The summed E-state index contributed by atoms with van der Waals surface area (Å²) in [6.07, 6.45) is -9.00. The molecule has 0 amide bonds. The number of H-pyrrole nitrogens is 1. The highest BCUT2D eigenvalue weighted by Gasteiger charge is 2.53. The molecule has 7 heterocycles. The van der Waals surface area contributed by atoms with Crippen LogP contribution >= 0.6 is 27.3 Å². The van der Waals surface area contributed by atoms with Gasteiger partial charge in [0, 0.05) is 6.20 Å². The van der Waals surface area contributed by atoms with Crippen LogP contribution < -0.4 is 17.0 Å². The van der Waals surface area contributed by atoms with Gasteiger partial charge < -0.3 is 34.6 Å². The van der Waals surface area contributed by atoms with Crippen LogP contribution in [0.5, 0.6) is 0 Å². The van der Waals surface area contributed by atoms with Crippen molar-refractivity contribution in [2.75, 3.05) is 24.7 Å². The quantitative estimate of drug-likeness (QED) is 0.174. The number of aromatic nitrogens is 7. The number of thiol groups is 1. The molecule has 3 fully saturated rings. The predicted molar refractivity (Wildman–Crippen MR) is 149 cm³/mol. The number of imidazole rings is 1. The second-order valence-electron chi connectivity index (χ2n) is 9.99. The molecule has 236 valence electrons. The van der Waals surface area contributed by atoms with E-state index in [9.17, 15) is 13.9 Å². The summed E-state index contributed by atoms with van der Waals surface area (Å²) in [5.74, 6) is -0.0936. The number of nitrogens with zero attached hydrogens (tertiary/aromatic N) is 6. The van der Waals surface area contributed by atoms with E-state index in [1.54, 1.807) is 6.07 Å². The molecule has 3 aliphatic rings. The molecule has 3 saturated heterocycles. The molecule has 3 aliphatic heterocycles. The third-order valence-corrected chi connectivity index (χ3v) is 9.81. The number of rotatable bonds is 2. The molecule has 0 radical (unpaired) electrons. The van der Waals surface area contributed by atoms with Gasteiger partial charge in [0.25, 0.3) is 5.56 Å². The molecule has 0 spiro atoms. The number of anilines is 2. The van der Waals surface area contributed by atoms with Crippen LogP contribution in [0.4, 0.5) is 20.5 Å². The van der Waals surface area contributed by atoms with Crippen molar-refractivity contribution in [2.24, 2.45) is 0 Å². The van der Waals surface area contributed by atoms with Crippen molar-refractivity contribution in [3.05, 3.63) is 35.3 Å². The number of hydrogen-bond acceptors (Lipinski definition) is 15. The Morgan fingerprint density at radius 2 is 1.84 bits per heavy atom. The van der Waals surface area contributed by atoms with E-state index in [4.69, 9.17) is 39.0 Å². The lowest BCUT2D eigenvalue weighted by Crippen LogP contribution is -2.33. The molecule has 44 heavy (non-hydrogen) atoms. The predicted octanol–water partition coefficient (Wildman–Crippen LogP) is 1.44. The average Bonchev–Trinajstić information content (AvgIpc) is 3.72. The highest BCUT2D eigenvalue weighted by atomic mass is 32.7. The summed E-state index contributed by atoms with van der Waals surface area (Å²) in [7, 11) is -3.50. The van der Waals surface area contributed by atoms with Crippen LogP contribution in [0, 0.1) is 0 Å². The Hall–Kier alpha value is -3.00. The number of alkyl halides is 2. The van der Waals surface area contributed by atoms with Crippen molar-refractivity contribution in [3.63, 3.8) is 0 Å². The van der Waals surface area contributed by atoms with E-state index in [1.807, 2.05) is 0 Å². The smallest absolute Gasteiger partial charge is 0.383 e. The highest BCUT2D eigenvalue weighted by molar-refractivity contribution is 8.44. The molecule has 4 aromatic heterocycles. The van der Waals surface area contributed by atoms with Crippen LogP contribution in [0.3, 0.4) is 0 Å². The summed E-state index contributed by atoms with van der Waals surface area (Å²) in [6, 6.07) is 1.57. The number of ether oxygens (including phenoxy) is 2. The minimum Gasteiger partial charge on any atom is -0.383 e. The Morgan fingerprint density at radius 3 is 2.66 bits per heavy atom. The van der Waals surface area contributed by atoms with Gasteiger partial charge in [0.15, 0.2) is 36.0 Å². The van der Waals surface area contributed by atoms with E-state index in [1.165, 1.54) is 17.1 Å². The van der Waals surface area contributed by atoms with Crippen LogP contribution in [0.2, 0.25) is 0 Å². The Bertz CT molecular complexity index is 1880. The molecule has 2 unspecified atom stereocenters. The van der Waals surface area contributed by atoms with Gasteiger partial charge in [0.1, 0.15) is 42.2 Å². The van der Waals surface area contributed by atoms with Crippen molar-refractivity contribution in [1.29, 1.82) is 0 Å². The molecule has 0 aromatic carbocycles. The fraction of sp³-hybridized carbons (Fsp3) is 0.476. The molecule has 7 rings (SSSR count). The number of fused-ring (bicyclic) bond motifs is 5. The first-order chi connectivity index (χ1) is 21.0. The molecule has 5 N–H and O–H groups in total. The number of nitrogens with one attached hydrogen (secondary N) is 1. The second kappa shape index (κ2) is 11.1. The van der Waals surface area contributed by atoms with Crippen molar-refractivity contribution in [2.45, 2.75) is 49.2 Å². The summed E-state index contributed by atoms with van der Waals surface area (Å²) in [6.45, 7) is -5.74. The second-order valence-corrected chi connectivity index (χ2v) is 13.9. The normalized spacial score (nSPS) is 36.6. The Kier molecular flexibility index (Phi) is 7.50. The minimum atomic E-state index is -4.45. The molecule has 2 bridgehead atoms. The first-order valence-corrected chi connectivity index (χ1v) is 16.8. The number of halogens is 2. The van der Waals surface area contributed by atoms with Gasteiger partial charge in [0.2, 0.25) is 5.95 Å². The Labute approximate surface area is 250 Å². The van der Waals surface area contributed by atoms with Gasteiger partial charge in [-0.1, -0.05) is 12.2 Å². The topological polar surface area (TPSA) is 236 Å². The lowest BCUT2D eigenvalue weighted by Gasteiger charge is -2.25. The molecule has 4 aromatic rings. The first kappa shape index (κ1) is 29.7. The van der Waals surface area contributed by atoms with Crippen LogP contribution in [-0.2, 0) is 36.7 Å². The third kappa shape index (κ3) is 5.11. The van der Waals surface area contributed by atoms with Crippen molar-refractivity contribution >= 4 is 61.3 Å². The number of hydrogen-bond donors (Lipinski definition) is 4. The van der Waals surface area contributed by atoms with Crippen LogP contribution in [0.1, 0.15) is 12.5 Å². The summed E-state index contributed by atoms with van der Waals surface area (Å²) in [5.41, 5.74) is 10.9. The lowest BCUT2D eigenvalue weighted by molar-refractivity contribution is -0.0558. The number of nitrogen functional groups attached to an aromatic ring is 2. The van der Waals surface area contributed by atoms with Gasteiger partial charge in [-0.3, -0.25) is 28.0 Å². The summed E-state index contributed by atoms with van der Waals surface area (Å²) < 4.78 is 93.6. The molecule has 0 aliphatic carbocycles. The summed E-state index contributed by atoms with van der Waals surface area (Å²) in [4.78, 5) is 30.6. The molecule has 23 heteroatoms. The molecular weight excluding hydrogens is 654 g/mol. The van der Waals surface area contributed by atoms with E-state index in [-0.39, 0.29) is 28.6 Å².